The lowest BCUT2D eigenvalue weighted by Crippen LogP contribution is -2.26. The summed E-state index contributed by atoms with van der Waals surface area (Å²) in [7, 11) is 0. The van der Waals surface area contributed by atoms with Crippen molar-refractivity contribution in [3.8, 4) is 23.0 Å². The van der Waals surface area contributed by atoms with E-state index < -0.39 is 35.8 Å². The molecule has 12 heteroatoms. The molecule has 0 saturated carbocycles. The fraction of sp³-hybridized carbons (Fsp3) is 0.186. The van der Waals surface area contributed by atoms with Gasteiger partial charge >= 0.3 is 29.8 Å². The molecule has 0 spiro atoms. The van der Waals surface area contributed by atoms with Crippen molar-refractivity contribution in [3.63, 3.8) is 0 Å². The average molecular weight is 749 g/mol. The van der Waals surface area contributed by atoms with Gasteiger partial charge in [-0.2, -0.15) is 0 Å². The topological polar surface area (TPSA) is 150 Å². The third-order valence-corrected chi connectivity index (χ3v) is 7.44. The molecule has 55 heavy (non-hydrogen) atoms. The van der Waals surface area contributed by atoms with E-state index >= 15 is 0 Å². The molecule has 4 aromatic carbocycles. The van der Waals surface area contributed by atoms with Crippen molar-refractivity contribution in [1.29, 1.82) is 0 Å². The molecule has 0 aliphatic heterocycles. The molecule has 0 aliphatic rings. The number of hydrogen-bond acceptors (Lipinski definition) is 12. The SMILES string of the molecule is C=C(C)C(=O)OCOc1ccc(C(=O)Oc2ccc(OC(=O)/C=C/c3ccc4cc(OCC(COC(=O)C(=C)C)COC(=O)C(=C)C)ccc4c3)cc2)cc1. The maximum atomic E-state index is 12.6. The minimum atomic E-state index is -0.613. The molecular formula is C43H40O12. The first-order valence-electron chi connectivity index (χ1n) is 16.9. The second-order valence-corrected chi connectivity index (χ2v) is 12.3. The normalized spacial score (nSPS) is 10.7. The van der Waals surface area contributed by atoms with Crippen molar-refractivity contribution in [2.24, 2.45) is 5.92 Å². The second kappa shape index (κ2) is 19.8. The monoisotopic (exact) mass is 748 g/mol. The van der Waals surface area contributed by atoms with Crippen molar-refractivity contribution in [3.05, 3.63) is 139 Å². The number of fused-ring (bicyclic) bond motifs is 1. The predicted molar refractivity (Wildman–Crippen MR) is 203 cm³/mol. The van der Waals surface area contributed by atoms with Crippen molar-refractivity contribution in [2.45, 2.75) is 20.8 Å². The van der Waals surface area contributed by atoms with E-state index in [1.807, 2.05) is 30.3 Å². The quantitative estimate of drug-likeness (QED) is 0.0329. The number of ether oxygens (including phenoxy) is 7. The van der Waals surface area contributed by atoms with Crippen LogP contribution >= 0.6 is 0 Å². The highest BCUT2D eigenvalue weighted by atomic mass is 16.7. The summed E-state index contributed by atoms with van der Waals surface area (Å²) in [6.45, 7) is 15.0. The van der Waals surface area contributed by atoms with Gasteiger partial charge in [-0.1, -0.05) is 37.9 Å². The van der Waals surface area contributed by atoms with Gasteiger partial charge in [-0.15, -0.1) is 0 Å². The summed E-state index contributed by atoms with van der Waals surface area (Å²) in [5.41, 5.74) is 1.77. The first-order chi connectivity index (χ1) is 26.3. The standard InChI is InChI=1S/C43H40O12/c1-27(2)40(45)50-24-31(25-51-41(46)28(3)4)23-49-38-15-12-33-21-30(7-9-34(33)22-38)8-20-39(44)54-36-16-18-37(19-17-36)55-43(48)32-10-13-35(14-11-32)52-26-53-42(47)29(5)6/h7-22,31H,1,3,5,23-26H2,2,4,6H3/b20-8+. The smallest absolute Gasteiger partial charge is 0.343 e. The molecule has 0 N–H and O–H groups in total. The Morgan fingerprint density at radius 2 is 1.07 bits per heavy atom. The van der Waals surface area contributed by atoms with Crippen LogP contribution in [0.5, 0.6) is 23.0 Å². The van der Waals surface area contributed by atoms with Gasteiger partial charge in [0, 0.05) is 22.8 Å². The Bertz CT molecular complexity index is 2080. The lowest BCUT2D eigenvalue weighted by Gasteiger charge is -2.18. The molecule has 0 fully saturated rings. The summed E-state index contributed by atoms with van der Waals surface area (Å²) in [4.78, 5) is 60.3. The van der Waals surface area contributed by atoms with Crippen LogP contribution in [0.4, 0.5) is 0 Å². The van der Waals surface area contributed by atoms with Gasteiger partial charge in [0.15, 0.2) is 0 Å². The van der Waals surface area contributed by atoms with Crippen molar-refractivity contribution in [2.75, 3.05) is 26.6 Å². The van der Waals surface area contributed by atoms with Crippen LogP contribution in [-0.2, 0) is 33.4 Å². The molecule has 0 saturated heterocycles. The summed E-state index contributed by atoms with van der Waals surface area (Å²) in [5, 5.41) is 1.77. The maximum Gasteiger partial charge on any atom is 0.343 e. The number of benzene rings is 4. The van der Waals surface area contributed by atoms with E-state index in [0.29, 0.717) is 11.5 Å². The van der Waals surface area contributed by atoms with Gasteiger partial charge in [0.2, 0.25) is 6.79 Å². The van der Waals surface area contributed by atoms with E-state index in [4.69, 9.17) is 33.2 Å². The lowest BCUT2D eigenvalue weighted by molar-refractivity contribution is -0.146. The van der Waals surface area contributed by atoms with Crippen LogP contribution in [0.25, 0.3) is 16.8 Å². The van der Waals surface area contributed by atoms with E-state index in [1.165, 1.54) is 61.5 Å². The largest absolute Gasteiger partial charge is 0.493 e. The molecule has 0 unspecified atom stereocenters. The average Bonchev–Trinajstić information content (AvgIpc) is 3.17. The fourth-order valence-electron chi connectivity index (χ4n) is 4.45. The summed E-state index contributed by atoms with van der Waals surface area (Å²) < 4.78 is 37.4. The highest BCUT2D eigenvalue weighted by Crippen LogP contribution is 2.24. The summed E-state index contributed by atoms with van der Waals surface area (Å²) in [5.74, 6) is -1.89. The highest BCUT2D eigenvalue weighted by Gasteiger charge is 2.17. The summed E-state index contributed by atoms with van der Waals surface area (Å²) >= 11 is 0. The maximum absolute atomic E-state index is 12.6. The fourth-order valence-corrected chi connectivity index (χ4v) is 4.45. The molecular weight excluding hydrogens is 708 g/mol. The molecule has 284 valence electrons. The van der Waals surface area contributed by atoms with Gasteiger partial charge < -0.3 is 33.2 Å². The molecule has 4 aromatic rings. The Hall–Kier alpha value is -6.95. The van der Waals surface area contributed by atoms with Crippen molar-refractivity contribution >= 4 is 46.7 Å². The zero-order chi connectivity index (χ0) is 39.9. The molecule has 0 heterocycles. The van der Waals surface area contributed by atoms with E-state index in [-0.39, 0.29) is 60.4 Å². The van der Waals surface area contributed by atoms with Crippen LogP contribution in [0.3, 0.4) is 0 Å². The second-order valence-electron chi connectivity index (χ2n) is 12.3. The molecule has 12 nitrogen and oxygen atoms in total. The van der Waals surface area contributed by atoms with E-state index in [9.17, 15) is 24.0 Å². The van der Waals surface area contributed by atoms with E-state index in [0.717, 1.165) is 16.3 Å². The first kappa shape index (κ1) is 40.8. The highest BCUT2D eigenvalue weighted by molar-refractivity contribution is 5.92. The van der Waals surface area contributed by atoms with Gasteiger partial charge in [0.1, 0.15) is 36.2 Å². The van der Waals surface area contributed by atoms with Crippen molar-refractivity contribution < 1.29 is 57.1 Å². The molecule has 4 rings (SSSR count). The molecule has 0 aromatic heterocycles. The zero-order valence-electron chi connectivity index (χ0n) is 30.7. The van der Waals surface area contributed by atoms with Crippen LogP contribution in [-0.4, -0.2) is 56.5 Å². The van der Waals surface area contributed by atoms with Gasteiger partial charge in [-0.05, 0) is 110 Å². The molecule has 0 aliphatic carbocycles. The molecule has 0 radical (unpaired) electrons. The Morgan fingerprint density at radius 3 is 1.67 bits per heavy atom. The first-order valence-corrected chi connectivity index (χ1v) is 16.9. The number of esters is 5. The van der Waals surface area contributed by atoms with E-state index in [1.54, 1.807) is 26.0 Å². The number of hydrogen-bond donors (Lipinski definition) is 0. The third-order valence-electron chi connectivity index (χ3n) is 7.44. The molecule has 0 amide bonds. The molecule has 0 bridgehead atoms. The zero-order valence-corrected chi connectivity index (χ0v) is 30.7. The number of carbonyl (C=O) groups is 5. The minimum Gasteiger partial charge on any atom is -0.493 e. The van der Waals surface area contributed by atoms with Gasteiger partial charge in [-0.25, -0.2) is 24.0 Å². The van der Waals surface area contributed by atoms with E-state index in [2.05, 4.69) is 19.7 Å². The van der Waals surface area contributed by atoms with Crippen LogP contribution in [0.1, 0.15) is 36.7 Å². The van der Waals surface area contributed by atoms with Gasteiger partial charge in [-0.3, -0.25) is 0 Å². The Kier molecular flexibility index (Phi) is 14.7. The van der Waals surface area contributed by atoms with Crippen LogP contribution in [0, 0.1) is 5.92 Å². The minimum absolute atomic E-state index is 0.0320. The Labute approximate surface area is 318 Å². The third kappa shape index (κ3) is 13.2. The summed E-state index contributed by atoms with van der Waals surface area (Å²) in [6.07, 6.45) is 2.92. The lowest BCUT2D eigenvalue weighted by atomic mass is 10.1. The molecule has 0 atom stereocenters. The Balaban J connectivity index is 1.26. The predicted octanol–water partition coefficient (Wildman–Crippen LogP) is 7.37. The van der Waals surface area contributed by atoms with Crippen LogP contribution in [0.15, 0.2) is 127 Å². The van der Waals surface area contributed by atoms with Crippen molar-refractivity contribution in [1.82, 2.24) is 0 Å². The Morgan fingerprint density at radius 1 is 0.564 bits per heavy atom. The van der Waals surface area contributed by atoms with Crippen LogP contribution < -0.4 is 18.9 Å². The van der Waals surface area contributed by atoms with Gasteiger partial charge in [0.05, 0.1) is 18.1 Å². The number of carbonyl (C=O) groups excluding carboxylic acids is 5. The van der Waals surface area contributed by atoms with Crippen LogP contribution in [0.2, 0.25) is 0 Å². The number of rotatable bonds is 18. The van der Waals surface area contributed by atoms with Gasteiger partial charge in [0.25, 0.3) is 0 Å². The summed E-state index contributed by atoms with van der Waals surface area (Å²) in [6, 6.07) is 23.2.